The third-order valence-corrected chi connectivity index (χ3v) is 1.50. The Morgan fingerprint density at radius 2 is 2.19 bits per heavy atom. The van der Waals surface area contributed by atoms with Gasteiger partial charge in [0.1, 0.15) is 17.6 Å². The van der Waals surface area contributed by atoms with Crippen molar-refractivity contribution in [2.45, 2.75) is 6.18 Å². The van der Waals surface area contributed by atoms with Gasteiger partial charge in [-0.15, -0.1) is 0 Å². The van der Waals surface area contributed by atoms with E-state index in [1.54, 1.807) is 0 Å². The van der Waals surface area contributed by atoms with Gasteiger partial charge in [-0.05, 0) is 11.6 Å². The minimum Gasteiger partial charge on any atom is -0.258 e. The number of halogens is 3. The summed E-state index contributed by atoms with van der Waals surface area (Å²) in [6, 6.07) is 0.317. The lowest BCUT2D eigenvalue weighted by molar-refractivity contribution is -0.384. The normalized spacial score (nSPS) is 10.7. The molecule has 0 radical (unpaired) electrons. The smallest absolute Gasteiger partial charge is 0.258 e. The molecule has 1 rings (SSSR count). The average molecular weight is 233 g/mol. The summed E-state index contributed by atoms with van der Waals surface area (Å²) in [4.78, 5) is 14.4. The Labute approximate surface area is 85.3 Å². The van der Waals surface area contributed by atoms with E-state index in [4.69, 9.17) is 5.53 Å². The molecule has 0 fully saturated rings. The van der Waals surface area contributed by atoms with E-state index in [0.29, 0.717) is 12.3 Å². The molecule has 7 nitrogen and oxygen atoms in total. The van der Waals surface area contributed by atoms with Crippen LogP contribution in [0.5, 0.6) is 0 Å². The summed E-state index contributed by atoms with van der Waals surface area (Å²) in [6.45, 7) is 0. The van der Waals surface area contributed by atoms with E-state index < -0.39 is 28.2 Å². The van der Waals surface area contributed by atoms with Gasteiger partial charge in [0.05, 0.1) is 4.92 Å². The van der Waals surface area contributed by atoms with Crippen molar-refractivity contribution in [3.63, 3.8) is 0 Å². The standard InChI is InChI=1S/C6H2F3N5O2/c7-6(8,9)5-1-3(12-13-10)4(2-11-5)14(15)16/h1-2H. The maximum Gasteiger partial charge on any atom is 0.433 e. The number of azide groups is 1. The Balaban J connectivity index is 3.39. The van der Waals surface area contributed by atoms with Gasteiger partial charge in [-0.3, -0.25) is 10.1 Å². The van der Waals surface area contributed by atoms with E-state index >= 15 is 0 Å². The van der Waals surface area contributed by atoms with Gasteiger partial charge in [0.15, 0.2) is 0 Å². The molecule has 0 amide bonds. The topological polar surface area (TPSA) is 105 Å². The number of hydrogen-bond acceptors (Lipinski definition) is 4. The molecule has 0 aromatic carbocycles. The predicted molar refractivity (Wildman–Crippen MR) is 44.7 cm³/mol. The van der Waals surface area contributed by atoms with Gasteiger partial charge in [-0.1, -0.05) is 5.11 Å². The zero-order chi connectivity index (χ0) is 12.3. The molecular formula is C6H2F3N5O2. The predicted octanol–water partition coefficient (Wildman–Crippen LogP) is 2.95. The molecule has 0 aliphatic carbocycles. The van der Waals surface area contributed by atoms with Gasteiger partial charge >= 0.3 is 6.18 Å². The second-order valence-corrected chi connectivity index (χ2v) is 2.50. The molecule has 10 heteroatoms. The van der Waals surface area contributed by atoms with Crippen LogP contribution in [0.1, 0.15) is 5.69 Å². The molecular weight excluding hydrogens is 231 g/mol. The molecule has 0 aliphatic rings. The summed E-state index contributed by atoms with van der Waals surface area (Å²) in [7, 11) is 0. The Bertz CT molecular complexity index is 480. The lowest BCUT2D eigenvalue weighted by Gasteiger charge is -2.05. The third kappa shape index (κ3) is 2.36. The number of alkyl halides is 3. The molecule has 1 aromatic heterocycles. The van der Waals surface area contributed by atoms with E-state index in [9.17, 15) is 23.3 Å². The lowest BCUT2D eigenvalue weighted by atomic mass is 10.3. The lowest BCUT2D eigenvalue weighted by Crippen LogP contribution is -2.07. The summed E-state index contributed by atoms with van der Waals surface area (Å²) in [5.41, 5.74) is 5.18. The fourth-order valence-corrected chi connectivity index (χ4v) is 0.862. The van der Waals surface area contributed by atoms with Crippen LogP contribution in [-0.4, -0.2) is 9.91 Å². The molecule has 0 aliphatic heterocycles. The molecule has 1 aromatic rings. The van der Waals surface area contributed by atoms with Crippen LogP contribution in [0, 0.1) is 10.1 Å². The van der Waals surface area contributed by atoms with E-state index in [1.165, 1.54) is 0 Å². The number of rotatable bonds is 2. The molecule has 0 atom stereocenters. The van der Waals surface area contributed by atoms with E-state index in [0.717, 1.165) is 0 Å². The number of nitrogens with zero attached hydrogens (tertiary/aromatic N) is 5. The molecule has 0 N–H and O–H groups in total. The monoisotopic (exact) mass is 233 g/mol. The SMILES string of the molecule is [N-]=[N+]=Nc1cc(C(F)(F)F)ncc1[N+](=O)[O-]. The molecule has 1 heterocycles. The van der Waals surface area contributed by atoms with Crippen molar-refractivity contribution >= 4 is 11.4 Å². The Morgan fingerprint density at radius 1 is 1.56 bits per heavy atom. The molecule has 0 saturated carbocycles. The number of aromatic nitrogens is 1. The highest BCUT2D eigenvalue weighted by Crippen LogP contribution is 2.34. The zero-order valence-corrected chi connectivity index (χ0v) is 7.34. The largest absolute Gasteiger partial charge is 0.433 e. The van der Waals surface area contributed by atoms with Gasteiger partial charge in [-0.2, -0.15) is 13.2 Å². The van der Waals surface area contributed by atoms with Crippen LogP contribution < -0.4 is 0 Å². The zero-order valence-electron chi connectivity index (χ0n) is 7.34. The molecule has 0 saturated heterocycles. The Kier molecular flexibility index (Phi) is 2.95. The minimum absolute atomic E-state index is 0.317. The van der Waals surface area contributed by atoms with Crippen molar-refractivity contribution in [2.75, 3.05) is 0 Å². The Hall–Kier alpha value is -2.35. The second kappa shape index (κ2) is 4.03. The molecule has 0 spiro atoms. The highest BCUT2D eigenvalue weighted by molar-refractivity contribution is 5.56. The molecule has 0 unspecified atom stereocenters. The number of pyridine rings is 1. The second-order valence-electron chi connectivity index (χ2n) is 2.50. The fourth-order valence-electron chi connectivity index (χ4n) is 0.862. The van der Waals surface area contributed by atoms with Crippen LogP contribution in [0.2, 0.25) is 0 Å². The Morgan fingerprint density at radius 3 is 2.62 bits per heavy atom. The van der Waals surface area contributed by atoms with Crippen LogP contribution in [0.25, 0.3) is 10.4 Å². The first-order valence-electron chi connectivity index (χ1n) is 3.63. The highest BCUT2D eigenvalue weighted by atomic mass is 19.4. The first-order chi connectivity index (χ1) is 7.36. The van der Waals surface area contributed by atoms with Crippen molar-refractivity contribution < 1.29 is 18.1 Å². The summed E-state index contributed by atoms with van der Waals surface area (Å²) >= 11 is 0. The number of nitro groups is 1. The van der Waals surface area contributed by atoms with Crippen LogP contribution in [0.15, 0.2) is 17.4 Å². The van der Waals surface area contributed by atoms with Crippen molar-refractivity contribution in [3.8, 4) is 0 Å². The maximum atomic E-state index is 12.2. The van der Waals surface area contributed by atoms with Gasteiger partial charge < -0.3 is 0 Å². The van der Waals surface area contributed by atoms with Crippen LogP contribution in [0.3, 0.4) is 0 Å². The summed E-state index contributed by atoms with van der Waals surface area (Å²) < 4.78 is 36.5. The molecule has 84 valence electrons. The van der Waals surface area contributed by atoms with Gasteiger partial charge in [0.2, 0.25) is 0 Å². The van der Waals surface area contributed by atoms with Gasteiger partial charge in [0.25, 0.3) is 5.69 Å². The third-order valence-electron chi connectivity index (χ3n) is 1.50. The van der Waals surface area contributed by atoms with Crippen LogP contribution >= 0.6 is 0 Å². The first-order valence-corrected chi connectivity index (χ1v) is 3.63. The van der Waals surface area contributed by atoms with Crippen LogP contribution in [-0.2, 0) is 6.18 Å². The first kappa shape index (κ1) is 11.7. The summed E-state index contributed by atoms with van der Waals surface area (Å²) in [5, 5.41) is 13.2. The highest BCUT2D eigenvalue weighted by Gasteiger charge is 2.34. The van der Waals surface area contributed by atoms with E-state index in [2.05, 4.69) is 15.0 Å². The number of hydrogen-bond donors (Lipinski definition) is 0. The van der Waals surface area contributed by atoms with Crippen molar-refractivity contribution in [3.05, 3.63) is 38.5 Å². The van der Waals surface area contributed by atoms with Crippen LogP contribution in [0.4, 0.5) is 24.5 Å². The molecule has 16 heavy (non-hydrogen) atoms. The maximum absolute atomic E-state index is 12.2. The quantitative estimate of drug-likeness (QED) is 0.257. The average Bonchev–Trinajstić information content (AvgIpc) is 2.16. The molecule has 0 bridgehead atoms. The van der Waals surface area contributed by atoms with Crippen molar-refractivity contribution in [2.24, 2.45) is 5.11 Å². The van der Waals surface area contributed by atoms with Crippen molar-refractivity contribution in [1.29, 1.82) is 0 Å². The minimum atomic E-state index is -4.76. The summed E-state index contributed by atoms with van der Waals surface area (Å²) in [6.07, 6.45) is -4.36. The van der Waals surface area contributed by atoms with Gasteiger partial charge in [0, 0.05) is 4.91 Å². The fraction of sp³-hybridized carbons (Fsp3) is 0.167. The summed E-state index contributed by atoms with van der Waals surface area (Å²) in [5.74, 6) is 0. The van der Waals surface area contributed by atoms with Gasteiger partial charge in [-0.25, -0.2) is 4.98 Å². The van der Waals surface area contributed by atoms with E-state index in [-0.39, 0.29) is 0 Å². The van der Waals surface area contributed by atoms with E-state index in [1.807, 2.05) is 0 Å². The van der Waals surface area contributed by atoms with Crippen molar-refractivity contribution in [1.82, 2.24) is 4.98 Å².